The molecule has 1 amide bonds. The van der Waals surface area contributed by atoms with Crippen LogP contribution in [0.4, 0.5) is 5.69 Å². The van der Waals surface area contributed by atoms with Gasteiger partial charge in [0, 0.05) is 11.8 Å². The van der Waals surface area contributed by atoms with Gasteiger partial charge in [-0.25, -0.2) is 0 Å². The summed E-state index contributed by atoms with van der Waals surface area (Å²) < 4.78 is 5.24. The van der Waals surface area contributed by atoms with Crippen molar-refractivity contribution in [1.29, 1.82) is 0 Å². The molecule has 1 N–H and O–H groups in total. The van der Waals surface area contributed by atoms with E-state index in [0.717, 1.165) is 42.9 Å². The predicted octanol–water partition coefficient (Wildman–Crippen LogP) is 4.50. The molecule has 2 aromatic carbocycles. The lowest BCUT2D eigenvalue weighted by Crippen LogP contribution is -2.38. The van der Waals surface area contributed by atoms with Crippen LogP contribution in [-0.4, -0.2) is 31.0 Å². The lowest BCUT2D eigenvalue weighted by atomic mass is 10.0. The van der Waals surface area contributed by atoms with E-state index in [9.17, 15) is 4.79 Å². The highest BCUT2D eigenvalue weighted by Gasteiger charge is 2.26. The zero-order valence-corrected chi connectivity index (χ0v) is 15.4. The number of hydrogen-bond donors (Lipinski definition) is 1. The number of benzene rings is 2. The zero-order valence-electron chi connectivity index (χ0n) is 15.4. The largest absolute Gasteiger partial charge is 0.497 e. The first-order valence-electron chi connectivity index (χ1n) is 8.93. The molecule has 0 saturated heterocycles. The summed E-state index contributed by atoms with van der Waals surface area (Å²) in [5.41, 5.74) is 1.77. The van der Waals surface area contributed by atoms with Crippen molar-refractivity contribution in [1.82, 2.24) is 4.90 Å². The van der Waals surface area contributed by atoms with E-state index in [4.69, 9.17) is 4.74 Å². The van der Waals surface area contributed by atoms with E-state index in [0.29, 0.717) is 0 Å². The van der Waals surface area contributed by atoms with Crippen LogP contribution in [0.1, 0.15) is 38.3 Å². The highest BCUT2D eigenvalue weighted by Crippen LogP contribution is 2.25. The third-order valence-electron chi connectivity index (χ3n) is 4.09. The second kappa shape index (κ2) is 9.84. The van der Waals surface area contributed by atoms with Gasteiger partial charge in [0.2, 0.25) is 5.91 Å². The van der Waals surface area contributed by atoms with Gasteiger partial charge < -0.3 is 10.1 Å². The molecule has 0 aliphatic heterocycles. The minimum absolute atomic E-state index is 0.0126. The van der Waals surface area contributed by atoms with Crippen molar-refractivity contribution < 1.29 is 9.53 Å². The van der Waals surface area contributed by atoms with Gasteiger partial charge in [-0.3, -0.25) is 9.69 Å². The van der Waals surface area contributed by atoms with Crippen LogP contribution in [0.3, 0.4) is 0 Å². The Morgan fingerprint density at radius 2 is 1.72 bits per heavy atom. The number of ether oxygens (including phenoxy) is 1. The summed E-state index contributed by atoms with van der Waals surface area (Å²) in [5.74, 6) is 0.717. The summed E-state index contributed by atoms with van der Waals surface area (Å²) in [6, 6.07) is 17.1. The Bertz CT molecular complexity index is 652. The van der Waals surface area contributed by atoms with Crippen molar-refractivity contribution in [3.63, 3.8) is 0 Å². The van der Waals surface area contributed by atoms with Gasteiger partial charge in [-0.05, 0) is 43.6 Å². The maximum atomic E-state index is 13.1. The third kappa shape index (κ3) is 5.33. The van der Waals surface area contributed by atoms with E-state index in [-0.39, 0.29) is 11.9 Å². The monoisotopic (exact) mass is 340 g/mol. The topological polar surface area (TPSA) is 41.6 Å². The first kappa shape index (κ1) is 19.0. The van der Waals surface area contributed by atoms with Crippen molar-refractivity contribution in [2.24, 2.45) is 0 Å². The maximum absolute atomic E-state index is 13.1. The van der Waals surface area contributed by atoms with Gasteiger partial charge in [0.05, 0.1) is 7.11 Å². The van der Waals surface area contributed by atoms with E-state index < -0.39 is 0 Å². The molecule has 0 aliphatic rings. The van der Waals surface area contributed by atoms with Gasteiger partial charge in [0.1, 0.15) is 11.8 Å². The Balaban J connectivity index is 2.28. The van der Waals surface area contributed by atoms with E-state index in [1.54, 1.807) is 7.11 Å². The number of methoxy groups -OCH3 is 1. The molecule has 1 atom stereocenters. The Kier molecular flexibility index (Phi) is 7.48. The van der Waals surface area contributed by atoms with E-state index in [1.165, 1.54) is 0 Å². The molecule has 2 aromatic rings. The molecule has 0 aromatic heterocycles. The van der Waals surface area contributed by atoms with Crippen LogP contribution in [0.25, 0.3) is 0 Å². The molecule has 0 bridgehead atoms. The van der Waals surface area contributed by atoms with Crippen LogP contribution in [-0.2, 0) is 4.79 Å². The van der Waals surface area contributed by atoms with Gasteiger partial charge in [0.25, 0.3) is 0 Å². The van der Waals surface area contributed by atoms with Gasteiger partial charge in [0.15, 0.2) is 0 Å². The quantitative estimate of drug-likeness (QED) is 0.731. The number of nitrogens with one attached hydrogen (secondary N) is 1. The van der Waals surface area contributed by atoms with Crippen LogP contribution in [0.5, 0.6) is 5.75 Å². The molecule has 0 unspecified atom stereocenters. The zero-order chi connectivity index (χ0) is 18.1. The smallest absolute Gasteiger partial charge is 0.246 e. The molecule has 0 fully saturated rings. The SMILES string of the molecule is CCCN(CCC)[C@@H](C(=O)Nc1cccc(OC)c1)c1ccccc1. The Morgan fingerprint density at radius 3 is 2.32 bits per heavy atom. The maximum Gasteiger partial charge on any atom is 0.246 e. The summed E-state index contributed by atoms with van der Waals surface area (Å²) in [4.78, 5) is 15.4. The van der Waals surface area contributed by atoms with Crippen molar-refractivity contribution in [2.45, 2.75) is 32.7 Å². The summed E-state index contributed by atoms with van der Waals surface area (Å²) in [5, 5.41) is 3.05. The second-order valence-electron chi connectivity index (χ2n) is 6.07. The summed E-state index contributed by atoms with van der Waals surface area (Å²) >= 11 is 0. The molecule has 134 valence electrons. The molecule has 0 radical (unpaired) electrons. The number of carbonyl (C=O) groups is 1. The van der Waals surface area contributed by atoms with E-state index in [2.05, 4.69) is 24.1 Å². The minimum Gasteiger partial charge on any atom is -0.497 e. The highest BCUT2D eigenvalue weighted by atomic mass is 16.5. The fourth-order valence-corrected chi connectivity index (χ4v) is 3.02. The van der Waals surface area contributed by atoms with Gasteiger partial charge in [-0.1, -0.05) is 50.2 Å². The van der Waals surface area contributed by atoms with Gasteiger partial charge >= 0.3 is 0 Å². The minimum atomic E-state index is -0.299. The lowest BCUT2D eigenvalue weighted by Gasteiger charge is -2.30. The lowest BCUT2D eigenvalue weighted by molar-refractivity contribution is -0.121. The van der Waals surface area contributed by atoms with E-state index in [1.807, 2.05) is 54.6 Å². The Labute approximate surface area is 150 Å². The molecule has 0 spiro atoms. The molecule has 0 heterocycles. The average molecular weight is 340 g/mol. The number of rotatable bonds is 9. The summed E-state index contributed by atoms with van der Waals surface area (Å²) in [6.45, 7) is 6.06. The molecule has 4 heteroatoms. The van der Waals surface area contributed by atoms with Crippen molar-refractivity contribution in [2.75, 3.05) is 25.5 Å². The molecular weight excluding hydrogens is 312 g/mol. The Hall–Kier alpha value is -2.33. The second-order valence-corrected chi connectivity index (χ2v) is 6.07. The predicted molar refractivity (Wildman–Crippen MR) is 103 cm³/mol. The van der Waals surface area contributed by atoms with Crippen LogP contribution in [0.2, 0.25) is 0 Å². The van der Waals surface area contributed by atoms with Crippen molar-refractivity contribution in [3.8, 4) is 5.75 Å². The van der Waals surface area contributed by atoms with Crippen molar-refractivity contribution in [3.05, 3.63) is 60.2 Å². The number of hydrogen-bond acceptors (Lipinski definition) is 3. The fraction of sp³-hybridized carbons (Fsp3) is 0.381. The molecule has 0 aliphatic carbocycles. The molecule has 2 rings (SSSR count). The normalized spacial score (nSPS) is 12.0. The van der Waals surface area contributed by atoms with Crippen LogP contribution in [0, 0.1) is 0 Å². The van der Waals surface area contributed by atoms with Crippen LogP contribution < -0.4 is 10.1 Å². The first-order valence-corrected chi connectivity index (χ1v) is 8.93. The van der Waals surface area contributed by atoms with Crippen molar-refractivity contribution >= 4 is 11.6 Å². The van der Waals surface area contributed by atoms with Gasteiger partial charge in [-0.15, -0.1) is 0 Å². The third-order valence-corrected chi connectivity index (χ3v) is 4.09. The molecule has 4 nitrogen and oxygen atoms in total. The Morgan fingerprint density at radius 1 is 1.04 bits per heavy atom. The summed E-state index contributed by atoms with van der Waals surface area (Å²) in [7, 11) is 1.62. The van der Waals surface area contributed by atoms with Crippen LogP contribution >= 0.6 is 0 Å². The van der Waals surface area contributed by atoms with Gasteiger partial charge in [-0.2, -0.15) is 0 Å². The number of amides is 1. The van der Waals surface area contributed by atoms with Crippen LogP contribution in [0.15, 0.2) is 54.6 Å². The van der Waals surface area contributed by atoms with E-state index >= 15 is 0 Å². The standard InChI is InChI=1S/C21H28N2O2/c1-4-14-23(15-5-2)20(17-10-7-6-8-11-17)21(24)22-18-12-9-13-19(16-18)25-3/h6-13,16,20H,4-5,14-15H2,1-3H3,(H,22,24)/t20-/m1/s1. The highest BCUT2D eigenvalue weighted by molar-refractivity contribution is 5.95. The number of nitrogens with zero attached hydrogens (tertiary/aromatic N) is 1. The first-order chi connectivity index (χ1) is 12.2. The molecule has 25 heavy (non-hydrogen) atoms. The number of carbonyl (C=O) groups excluding carboxylic acids is 1. The average Bonchev–Trinajstić information content (AvgIpc) is 2.63. The summed E-state index contributed by atoms with van der Waals surface area (Å²) in [6.07, 6.45) is 2.02. The molecular formula is C21H28N2O2. The molecule has 0 saturated carbocycles. The number of anilines is 1. The fourth-order valence-electron chi connectivity index (χ4n) is 3.02.